The highest BCUT2D eigenvalue weighted by Gasteiger charge is 2.07. The van der Waals surface area contributed by atoms with E-state index in [9.17, 15) is 0 Å². The molecule has 0 aliphatic carbocycles. The van der Waals surface area contributed by atoms with Crippen molar-refractivity contribution < 1.29 is 9.47 Å². The third-order valence-electron chi connectivity index (χ3n) is 3.97. The second-order valence-electron chi connectivity index (χ2n) is 6.42. The van der Waals surface area contributed by atoms with Crippen LogP contribution < -0.4 is 0 Å². The van der Waals surface area contributed by atoms with Crippen LogP contribution in [-0.4, -0.2) is 19.5 Å². The fourth-order valence-electron chi connectivity index (χ4n) is 2.53. The Morgan fingerprint density at radius 1 is 0.625 bits per heavy atom. The first kappa shape index (κ1) is 23.4. The van der Waals surface area contributed by atoms with Gasteiger partial charge in [-0.2, -0.15) is 0 Å². The Balaban J connectivity index is 3.52. The van der Waals surface area contributed by atoms with Gasteiger partial charge >= 0.3 is 0 Å². The molecule has 2 heteroatoms. The molecule has 0 saturated carbocycles. The average molecular weight is 339 g/mol. The molecule has 0 rings (SSSR count). The van der Waals surface area contributed by atoms with Crippen LogP contribution in [0.4, 0.5) is 0 Å². The summed E-state index contributed by atoms with van der Waals surface area (Å²) in [5.74, 6) is 0. The Hall–Kier alpha value is -0.600. The summed E-state index contributed by atoms with van der Waals surface area (Å²) in [7, 11) is 0. The third-order valence-corrected chi connectivity index (χ3v) is 3.97. The van der Waals surface area contributed by atoms with Crippen molar-refractivity contribution >= 4 is 0 Å². The molecular weight excluding hydrogens is 296 g/mol. The van der Waals surface area contributed by atoms with Crippen LogP contribution in [0.15, 0.2) is 24.3 Å². The SMILES string of the molecule is CC/C=C\CCCCCOC(CCC)OCCCCC/C=C\CC. The summed E-state index contributed by atoms with van der Waals surface area (Å²) in [5.41, 5.74) is 0. The third kappa shape index (κ3) is 17.7. The zero-order chi connectivity index (χ0) is 17.7. The van der Waals surface area contributed by atoms with Gasteiger partial charge in [-0.15, -0.1) is 0 Å². The van der Waals surface area contributed by atoms with E-state index in [4.69, 9.17) is 9.47 Å². The van der Waals surface area contributed by atoms with Crippen LogP contribution >= 0.6 is 0 Å². The van der Waals surface area contributed by atoms with E-state index >= 15 is 0 Å². The van der Waals surface area contributed by atoms with Crippen molar-refractivity contribution in [2.45, 2.75) is 104 Å². The van der Waals surface area contributed by atoms with Gasteiger partial charge < -0.3 is 9.47 Å². The largest absolute Gasteiger partial charge is 0.353 e. The van der Waals surface area contributed by atoms with Gasteiger partial charge in [0.1, 0.15) is 0 Å². The fourth-order valence-corrected chi connectivity index (χ4v) is 2.53. The van der Waals surface area contributed by atoms with Gasteiger partial charge in [-0.3, -0.25) is 0 Å². The Morgan fingerprint density at radius 2 is 1.12 bits per heavy atom. The molecule has 0 heterocycles. The van der Waals surface area contributed by atoms with Crippen LogP contribution in [0.5, 0.6) is 0 Å². The van der Waals surface area contributed by atoms with Crippen LogP contribution in [0.3, 0.4) is 0 Å². The van der Waals surface area contributed by atoms with Crippen molar-refractivity contribution in [2.75, 3.05) is 13.2 Å². The van der Waals surface area contributed by atoms with Crippen LogP contribution in [0.1, 0.15) is 97.8 Å². The zero-order valence-electron chi connectivity index (χ0n) is 16.6. The van der Waals surface area contributed by atoms with E-state index in [0.717, 1.165) is 51.7 Å². The van der Waals surface area contributed by atoms with E-state index in [1.807, 2.05) is 0 Å². The smallest absolute Gasteiger partial charge is 0.157 e. The van der Waals surface area contributed by atoms with Crippen molar-refractivity contribution in [3.8, 4) is 0 Å². The molecule has 0 fully saturated rings. The number of hydrogen-bond donors (Lipinski definition) is 0. The summed E-state index contributed by atoms with van der Waals surface area (Å²) < 4.78 is 11.8. The summed E-state index contributed by atoms with van der Waals surface area (Å²) in [4.78, 5) is 0. The van der Waals surface area contributed by atoms with Gasteiger partial charge in [0, 0.05) is 13.2 Å². The lowest BCUT2D eigenvalue weighted by Gasteiger charge is -2.18. The average Bonchev–Trinajstić information content (AvgIpc) is 2.59. The molecule has 0 N–H and O–H groups in total. The minimum absolute atomic E-state index is 0.00924. The summed E-state index contributed by atoms with van der Waals surface area (Å²) in [6.45, 7) is 8.23. The van der Waals surface area contributed by atoms with Crippen molar-refractivity contribution in [1.82, 2.24) is 0 Å². The second kappa shape index (κ2) is 20.4. The van der Waals surface area contributed by atoms with Gasteiger partial charge in [0.25, 0.3) is 0 Å². The fraction of sp³-hybridized carbons (Fsp3) is 0.818. The normalized spacial score (nSPS) is 12.2. The predicted molar refractivity (Wildman–Crippen MR) is 106 cm³/mol. The highest BCUT2D eigenvalue weighted by Crippen LogP contribution is 2.09. The Labute approximate surface area is 151 Å². The maximum absolute atomic E-state index is 5.92. The number of ether oxygens (including phenoxy) is 2. The molecule has 24 heavy (non-hydrogen) atoms. The monoisotopic (exact) mass is 338 g/mol. The van der Waals surface area contributed by atoms with E-state index in [1.165, 1.54) is 38.5 Å². The molecule has 0 saturated heterocycles. The van der Waals surface area contributed by atoms with Crippen molar-refractivity contribution in [2.24, 2.45) is 0 Å². The van der Waals surface area contributed by atoms with E-state index in [2.05, 4.69) is 45.1 Å². The van der Waals surface area contributed by atoms with Crippen LogP contribution in [0.25, 0.3) is 0 Å². The molecule has 0 aliphatic rings. The predicted octanol–water partition coefficient (Wildman–Crippen LogP) is 7.20. The molecule has 2 nitrogen and oxygen atoms in total. The Bertz CT molecular complexity index is 258. The van der Waals surface area contributed by atoms with Gasteiger partial charge in [-0.25, -0.2) is 0 Å². The Kier molecular flexibility index (Phi) is 19.9. The van der Waals surface area contributed by atoms with E-state index in [-0.39, 0.29) is 6.29 Å². The summed E-state index contributed by atoms with van der Waals surface area (Å²) in [5, 5.41) is 0. The van der Waals surface area contributed by atoms with Gasteiger partial charge in [0.05, 0.1) is 0 Å². The highest BCUT2D eigenvalue weighted by atomic mass is 16.7. The van der Waals surface area contributed by atoms with Crippen LogP contribution in [-0.2, 0) is 9.47 Å². The molecule has 0 aromatic rings. The maximum atomic E-state index is 5.92. The highest BCUT2D eigenvalue weighted by molar-refractivity contribution is 4.80. The molecule has 0 bridgehead atoms. The molecule has 0 atom stereocenters. The molecule has 0 aromatic heterocycles. The quantitative estimate of drug-likeness (QED) is 0.149. The number of rotatable bonds is 18. The van der Waals surface area contributed by atoms with Gasteiger partial charge in [0.2, 0.25) is 0 Å². The van der Waals surface area contributed by atoms with Crippen LogP contribution in [0.2, 0.25) is 0 Å². The second-order valence-corrected chi connectivity index (χ2v) is 6.42. The molecule has 0 aliphatic heterocycles. The Morgan fingerprint density at radius 3 is 1.54 bits per heavy atom. The van der Waals surface area contributed by atoms with Gasteiger partial charge in [-0.05, 0) is 57.8 Å². The lowest BCUT2D eigenvalue weighted by atomic mass is 10.2. The number of allylic oxidation sites excluding steroid dienone is 4. The molecular formula is C22H42O2. The minimum atomic E-state index is 0.00924. The van der Waals surface area contributed by atoms with Crippen molar-refractivity contribution in [3.63, 3.8) is 0 Å². The van der Waals surface area contributed by atoms with E-state index in [1.54, 1.807) is 0 Å². The lowest BCUT2D eigenvalue weighted by molar-refractivity contribution is -0.147. The van der Waals surface area contributed by atoms with Crippen LogP contribution in [0, 0.1) is 0 Å². The standard InChI is InChI=1S/C22H42O2/c1-4-7-9-11-13-15-17-20-23-22(19-6-3)24-21-18-16-14-12-10-8-5-2/h7-10,22H,4-6,11-21H2,1-3H3/b9-7-,10-8-. The molecule has 0 radical (unpaired) electrons. The van der Waals surface area contributed by atoms with Crippen molar-refractivity contribution in [1.29, 1.82) is 0 Å². The van der Waals surface area contributed by atoms with E-state index < -0.39 is 0 Å². The maximum Gasteiger partial charge on any atom is 0.157 e. The lowest BCUT2D eigenvalue weighted by Crippen LogP contribution is -2.18. The molecule has 0 spiro atoms. The summed E-state index contributed by atoms with van der Waals surface area (Å²) in [6.07, 6.45) is 23.3. The zero-order valence-corrected chi connectivity index (χ0v) is 16.6. The molecule has 0 aromatic carbocycles. The number of unbranched alkanes of at least 4 members (excludes halogenated alkanes) is 6. The minimum Gasteiger partial charge on any atom is -0.353 e. The molecule has 0 amide bonds. The molecule has 142 valence electrons. The topological polar surface area (TPSA) is 18.5 Å². The first-order valence-electron chi connectivity index (χ1n) is 10.4. The summed E-state index contributed by atoms with van der Waals surface area (Å²) in [6, 6.07) is 0. The first-order chi connectivity index (χ1) is 11.8. The van der Waals surface area contributed by atoms with Gasteiger partial charge in [0.15, 0.2) is 6.29 Å². The molecule has 0 unspecified atom stereocenters. The number of hydrogen-bond acceptors (Lipinski definition) is 2. The first-order valence-corrected chi connectivity index (χ1v) is 10.4. The summed E-state index contributed by atoms with van der Waals surface area (Å²) >= 11 is 0. The van der Waals surface area contributed by atoms with E-state index in [0.29, 0.717) is 0 Å². The van der Waals surface area contributed by atoms with Gasteiger partial charge in [-0.1, -0.05) is 64.3 Å². The van der Waals surface area contributed by atoms with Crippen molar-refractivity contribution in [3.05, 3.63) is 24.3 Å².